The van der Waals surface area contributed by atoms with E-state index in [9.17, 15) is 15.0 Å². The van der Waals surface area contributed by atoms with Gasteiger partial charge in [0.1, 0.15) is 6.10 Å². The van der Waals surface area contributed by atoms with Crippen LogP contribution in [0.2, 0.25) is 0 Å². The number of aromatic amines is 1. The summed E-state index contributed by atoms with van der Waals surface area (Å²) in [7, 11) is 0. The van der Waals surface area contributed by atoms with E-state index in [4.69, 9.17) is 10.5 Å². The topological polar surface area (TPSA) is 139 Å². The highest BCUT2D eigenvalue weighted by Crippen LogP contribution is 2.30. The van der Waals surface area contributed by atoms with Crippen LogP contribution in [0, 0.1) is 6.92 Å². The fourth-order valence-electron chi connectivity index (χ4n) is 2.09. The molecule has 9 heteroatoms. The average molecular weight is 266 g/mol. The Kier molecular flexibility index (Phi) is 2.55. The van der Waals surface area contributed by atoms with Gasteiger partial charge in [-0.2, -0.15) is 4.98 Å². The van der Waals surface area contributed by atoms with Crippen LogP contribution >= 0.6 is 0 Å². The van der Waals surface area contributed by atoms with Gasteiger partial charge in [0.15, 0.2) is 17.4 Å². The molecule has 1 aliphatic heterocycles. The number of rotatable bonds is 1. The van der Waals surface area contributed by atoms with E-state index in [2.05, 4.69) is 21.9 Å². The third-order valence-electron chi connectivity index (χ3n) is 3.06. The van der Waals surface area contributed by atoms with Crippen molar-refractivity contribution in [3.05, 3.63) is 23.6 Å². The average Bonchev–Trinajstić information content (AvgIpc) is 2.86. The maximum Gasteiger partial charge on any atom is 0.280 e. The molecule has 4 atom stereocenters. The van der Waals surface area contributed by atoms with Gasteiger partial charge >= 0.3 is 0 Å². The first-order valence-corrected chi connectivity index (χ1v) is 5.56. The number of imidazole rings is 1. The number of aliphatic hydroxyl groups is 2. The number of fused-ring (bicyclic) bond motifs is 1. The summed E-state index contributed by atoms with van der Waals surface area (Å²) in [6.07, 6.45) is -2.72. The Morgan fingerprint density at radius 1 is 1.47 bits per heavy atom. The van der Waals surface area contributed by atoms with Gasteiger partial charge in [-0.05, 0) is 6.10 Å². The Labute approximate surface area is 106 Å². The first-order valence-electron chi connectivity index (χ1n) is 5.56. The Bertz CT molecular complexity index is 680. The lowest BCUT2D eigenvalue weighted by atomic mass is 10.1. The van der Waals surface area contributed by atoms with Gasteiger partial charge in [0, 0.05) is 0 Å². The first kappa shape index (κ1) is 12.1. The summed E-state index contributed by atoms with van der Waals surface area (Å²) in [4.78, 5) is 21.8. The summed E-state index contributed by atoms with van der Waals surface area (Å²) >= 11 is 0. The number of nitrogens with one attached hydrogen (secondary N) is 1. The van der Waals surface area contributed by atoms with Crippen molar-refractivity contribution in [2.75, 3.05) is 5.73 Å². The summed E-state index contributed by atoms with van der Waals surface area (Å²) in [6, 6.07) is 0. The molecule has 0 unspecified atom stereocenters. The van der Waals surface area contributed by atoms with E-state index in [-0.39, 0.29) is 17.1 Å². The normalized spacial score (nSPS) is 31.1. The third-order valence-corrected chi connectivity index (χ3v) is 3.06. The summed E-state index contributed by atoms with van der Waals surface area (Å²) in [6.45, 7) is 3.57. The zero-order valence-electron chi connectivity index (χ0n) is 9.72. The maximum absolute atomic E-state index is 11.6. The second-order valence-corrected chi connectivity index (χ2v) is 4.32. The molecular weight excluding hydrogens is 254 g/mol. The van der Waals surface area contributed by atoms with Crippen LogP contribution in [-0.4, -0.2) is 48.0 Å². The van der Waals surface area contributed by atoms with E-state index in [1.165, 1.54) is 10.9 Å². The quantitative estimate of drug-likeness (QED) is 0.444. The van der Waals surface area contributed by atoms with Crippen molar-refractivity contribution in [2.24, 2.45) is 0 Å². The smallest absolute Gasteiger partial charge is 0.280 e. The second-order valence-electron chi connectivity index (χ2n) is 4.32. The molecule has 9 nitrogen and oxygen atoms in total. The number of nitrogens with two attached hydrogens (primary N) is 1. The number of ether oxygens (including phenoxy) is 1. The molecular formula is C10H12N5O4-. The number of aliphatic hydroxyl groups excluding tert-OH is 2. The highest BCUT2D eigenvalue weighted by molar-refractivity contribution is 5.70. The van der Waals surface area contributed by atoms with Crippen molar-refractivity contribution in [3.8, 4) is 0 Å². The molecule has 19 heavy (non-hydrogen) atoms. The number of nitrogen functional groups attached to an aromatic ring is 1. The van der Waals surface area contributed by atoms with Crippen LogP contribution in [0.3, 0.4) is 0 Å². The monoisotopic (exact) mass is 266 g/mol. The molecule has 0 aliphatic carbocycles. The molecule has 0 spiro atoms. The lowest BCUT2D eigenvalue weighted by Crippen LogP contribution is -2.30. The molecule has 0 bridgehead atoms. The number of hydrogen-bond donors (Lipinski definition) is 4. The highest BCUT2D eigenvalue weighted by atomic mass is 16.6. The van der Waals surface area contributed by atoms with E-state index >= 15 is 0 Å². The van der Waals surface area contributed by atoms with Crippen LogP contribution in [0.1, 0.15) is 6.23 Å². The molecule has 0 amide bonds. The number of H-pyrrole nitrogens is 1. The largest absolute Gasteiger partial charge is 0.390 e. The van der Waals surface area contributed by atoms with Gasteiger partial charge in [0.25, 0.3) is 5.56 Å². The minimum Gasteiger partial charge on any atom is -0.390 e. The van der Waals surface area contributed by atoms with Crippen molar-refractivity contribution < 1.29 is 14.9 Å². The first-order chi connectivity index (χ1) is 8.99. The van der Waals surface area contributed by atoms with Gasteiger partial charge in [0.05, 0.1) is 12.4 Å². The Morgan fingerprint density at radius 2 is 2.21 bits per heavy atom. The predicted molar refractivity (Wildman–Crippen MR) is 63.8 cm³/mol. The minimum atomic E-state index is -1.19. The van der Waals surface area contributed by atoms with Crippen molar-refractivity contribution in [3.63, 3.8) is 0 Å². The SMILES string of the molecule is [CH2-][C@H]1O[C@@H](n2cnc3c(=O)[nH]c(N)nc32)[C@H](O)[C@@H]1O. The summed E-state index contributed by atoms with van der Waals surface area (Å²) < 4.78 is 6.68. The van der Waals surface area contributed by atoms with Crippen LogP contribution in [0.25, 0.3) is 11.2 Å². The Hall–Kier alpha value is -1.97. The van der Waals surface area contributed by atoms with E-state index in [0.29, 0.717) is 0 Å². The number of nitrogens with zero attached hydrogens (tertiary/aromatic N) is 3. The fourth-order valence-corrected chi connectivity index (χ4v) is 2.09. The van der Waals surface area contributed by atoms with Crippen molar-refractivity contribution in [1.29, 1.82) is 0 Å². The van der Waals surface area contributed by atoms with Crippen LogP contribution in [0.4, 0.5) is 5.95 Å². The van der Waals surface area contributed by atoms with Gasteiger partial charge in [-0.3, -0.25) is 14.3 Å². The van der Waals surface area contributed by atoms with Gasteiger partial charge < -0.3 is 27.6 Å². The molecule has 3 rings (SSSR count). The maximum atomic E-state index is 11.6. The lowest BCUT2D eigenvalue weighted by molar-refractivity contribution is -0.0249. The Balaban J connectivity index is 2.14. The van der Waals surface area contributed by atoms with E-state index in [1.54, 1.807) is 0 Å². The molecule has 0 aromatic carbocycles. The molecule has 2 aromatic heterocycles. The molecule has 0 saturated carbocycles. The number of aromatic nitrogens is 4. The molecule has 0 radical (unpaired) electrons. The molecule has 5 N–H and O–H groups in total. The molecule has 102 valence electrons. The molecule has 2 aromatic rings. The Morgan fingerprint density at radius 3 is 2.84 bits per heavy atom. The zero-order chi connectivity index (χ0) is 13.7. The van der Waals surface area contributed by atoms with Gasteiger partial charge in [-0.15, -0.1) is 0 Å². The second kappa shape index (κ2) is 4.02. The van der Waals surface area contributed by atoms with Gasteiger partial charge in [-0.25, -0.2) is 4.98 Å². The number of anilines is 1. The molecule has 3 heterocycles. The van der Waals surface area contributed by atoms with Crippen LogP contribution in [0.15, 0.2) is 11.1 Å². The standard InChI is InChI=1S/C10H12N5O4/c1-3-5(16)6(17)9(19-3)15-2-12-4-7(15)13-10(11)14-8(4)18/h2-3,5-6,9,16-17H,1H2,(H3,11,13,14,18)/q-1/t3-,5-,6-,9-/m1/s1. The lowest BCUT2D eigenvalue weighted by Gasteiger charge is -2.17. The summed E-state index contributed by atoms with van der Waals surface area (Å²) in [5, 5.41) is 19.5. The van der Waals surface area contributed by atoms with Crippen LogP contribution in [-0.2, 0) is 4.74 Å². The molecule has 1 aliphatic rings. The van der Waals surface area contributed by atoms with E-state index in [0.717, 1.165) is 0 Å². The molecule has 1 fully saturated rings. The van der Waals surface area contributed by atoms with E-state index < -0.39 is 30.1 Å². The van der Waals surface area contributed by atoms with Crippen LogP contribution < -0.4 is 11.3 Å². The fraction of sp³-hybridized carbons (Fsp3) is 0.400. The summed E-state index contributed by atoms with van der Waals surface area (Å²) in [5.41, 5.74) is 5.23. The van der Waals surface area contributed by atoms with Gasteiger partial charge in [-0.1, -0.05) is 0 Å². The third kappa shape index (κ3) is 1.70. The number of hydrogen-bond acceptors (Lipinski definition) is 7. The van der Waals surface area contributed by atoms with Crippen molar-refractivity contribution >= 4 is 17.1 Å². The van der Waals surface area contributed by atoms with Crippen molar-refractivity contribution in [2.45, 2.75) is 24.5 Å². The highest BCUT2D eigenvalue weighted by Gasteiger charge is 2.39. The minimum absolute atomic E-state index is 0.0709. The predicted octanol–water partition coefficient (Wildman–Crippen LogP) is -1.84. The summed E-state index contributed by atoms with van der Waals surface area (Å²) in [5.74, 6) is -0.0709. The van der Waals surface area contributed by atoms with Gasteiger partial charge in [0.2, 0.25) is 5.95 Å². The van der Waals surface area contributed by atoms with Crippen molar-refractivity contribution in [1.82, 2.24) is 19.5 Å². The van der Waals surface area contributed by atoms with Crippen LogP contribution in [0.5, 0.6) is 0 Å². The van der Waals surface area contributed by atoms with E-state index in [1.807, 2.05) is 0 Å². The zero-order valence-corrected chi connectivity index (χ0v) is 9.72. The molecule has 1 saturated heterocycles.